The molecule has 1 aromatic carbocycles. The van der Waals surface area contributed by atoms with Gasteiger partial charge in [-0.15, -0.1) is 0 Å². The zero-order valence-electron chi connectivity index (χ0n) is 13.5. The molecule has 2 unspecified atom stereocenters. The zero-order chi connectivity index (χ0) is 16.1. The summed E-state index contributed by atoms with van der Waals surface area (Å²) < 4.78 is 0. The average Bonchev–Trinajstić information content (AvgIpc) is 2.64. The van der Waals surface area contributed by atoms with Gasteiger partial charge in [0.15, 0.2) is 0 Å². The number of hydrogen-bond acceptors (Lipinski definition) is 3. The van der Waals surface area contributed by atoms with Gasteiger partial charge in [0.05, 0.1) is 6.04 Å². The Morgan fingerprint density at radius 3 is 2.74 bits per heavy atom. The molecule has 0 bridgehead atoms. The van der Waals surface area contributed by atoms with Crippen molar-refractivity contribution in [3.8, 4) is 0 Å². The first-order valence-corrected chi connectivity index (χ1v) is 8.24. The molecule has 1 fully saturated rings. The van der Waals surface area contributed by atoms with E-state index in [1.807, 2.05) is 54.5 Å². The number of likely N-dealkylation sites (tertiary alicyclic amines) is 1. The monoisotopic (exact) mass is 309 g/mol. The average molecular weight is 309 g/mol. The van der Waals surface area contributed by atoms with E-state index in [-0.39, 0.29) is 18.0 Å². The molecule has 1 amide bonds. The Labute approximate surface area is 137 Å². The number of aromatic nitrogens is 1. The van der Waals surface area contributed by atoms with Gasteiger partial charge in [-0.25, -0.2) is 0 Å². The van der Waals surface area contributed by atoms with Crippen LogP contribution in [-0.4, -0.2) is 29.4 Å². The van der Waals surface area contributed by atoms with E-state index in [1.165, 1.54) is 0 Å². The Morgan fingerprint density at radius 1 is 1.22 bits per heavy atom. The molecule has 1 aromatic heterocycles. The number of benzene rings is 1. The van der Waals surface area contributed by atoms with E-state index in [4.69, 9.17) is 0 Å². The summed E-state index contributed by atoms with van der Waals surface area (Å²) >= 11 is 0. The van der Waals surface area contributed by atoms with Gasteiger partial charge in [-0.1, -0.05) is 36.4 Å². The summed E-state index contributed by atoms with van der Waals surface area (Å²) in [7, 11) is 1.85. The summed E-state index contributed by atoms with van der Waals surface area (Å²) in [5.74, 6) is 0.146. The number of carbonyl (C=O) groups excluding carboxylic acids is 1. The summed E-state index contributed by atoms with van der Waals surface area (Å²) in [5, 5.41) is 3.18. The molecule has 120 valence electrons. The van der Waals surface area contributed by atoms with E-state index >= 15 is 0 Å². The molecule has 1 N–H and O–H groups in total. The summed E-state index contributed by atoms with van der Waals surface area (Å²) in [6.45, 7) is 0.809. The Balaban J connectivity index is 1.86. The zero-order valence-corrected chi connectivity index (χ0v) is 13.5. The number of carbonyl (C=O) groups is 1. The summed E-state index contributed by atoms with van der Waals surface area (Å²) in [6.07, 6.45) is 6.88. The number of nitrogens with one attached hydrogen (secondary N) is 1. The number of pyridine rings is 1. The van der Waals surface area contributed by atoms with Crippen molar-refractivity contribution in [3.05, 3.63) is 66.0 Å². The van der Waals surface area contributed by atoms with Crippen molar-refractivity contribution in [2.75, 3.05) is 13.6 Å². The fraction of sp³-hybridized carbons (Fsp3) is 0.368. The van der Waals surface area contributed by atoms with Gasteiger partial charge in [0.2, 0.25) is 5.91 Å². The molecule has 23 heavy (non-hydrogen) atoms. The van der Waals surface area contributed by atoms with Gasteiger partial charge in [-0.2, -0.15) is 0 Å². The third-order valence-corrected chi connectivity index (χ3v) is 4.52. The lowest BCUT2D eigenvalue weighted by atomic mass is 9.94. The van der Waals surface area contributed by atoms with Gasteiger partial charge in [0, 0.05) is 18.9 Å². The van der Waals surface area contributed by atoms with Gasteiger partial charge < -0.3 is 10.2 Å². The highest BCUT2D eigenvalue weighted by atomic mass is 16.2. The fourth-order valence-corrected chi connectivity index (χ4v) is 3.36. The predicted molar refractivity (Wildman–Crippen MR) is 90.8 cm³/mol. The highest BCUT2D eigenvalue weighted by Crippen LogP contribution is 2.32. The van der Waals surface area contributed by atoms with Crippen molar-refractivity contribution in [2.45, 2.75) is 31.3 Å². The molecule has 4 nitrogen and oxygen atoms in total. The number of piperidine rings is 1. The van der Waals surface area contributed by atoms with Crippen LogP contribution in [0.15, 0.2) is 54.9 Å². The van der Waals surface area contributed by atoms with Gasteiger partial charge in [0.1, 0.15) is 6.04 Å². The van der Waals surface area contributed by atoms with Crippen LogP contribution in [0.3, 0.4) is 0 Å². The van der Waals surface area contributed by atoms with E-state index in [0.29, 0.717) is 0 Å². The van der Waals surface area contributed by atoms with Crippen molar-refractivity contribution >= 4 is 5.91 Å². The van der Waals surface area contributed by atoms with Crippen LogP contribution in [0.1, 0.15) is 42.5 Å². The topological polar surface area (TPSA) is 45.2 Å². The van der Waals surface area contributed by atoms with Crippen LogP contribution in [0.25, 0.3) is 0 Å². The van der Waals surface area contributed by atoms with E-state index < -0.39 is 0 Å². The van der Waals surface area contributed by atoms with E-state index in [9.17, 15) is 4.79 Å². The molecule has 1 aliphatic rings. The lowest BCUT2D eigenvalue weighted by Gasteiger charge is -2.38. The minimum Gasteiger partial charge on any atom is -0.334 e. The molecule has 2 aromatic rings. The van der Waals surface area contributed by atoms with E-state index in [1.54, 1.807) is 6.20 Å². The summed E-state index contributed by atoms with van der Waals surface area (Å²) in [6, 6.07) is 13.8. The summed E-state index contributed by atoms with van der Waals surface area (Å²) in [4.78, 5) is 19.4. The molecule has 0 aliphatic carbocycles. The number of hydrogen-bond donors (Lipinski definition) is 1. The second-order valence-corrected chi connectivity index (χ2v) is 5.96. The van der Waals surface area contributed by atoms with Gasteiger partial charge in [0.25, 0.3) is 0 Å². The number of amides is 1. The van der Waals surface area contributed by atoms with Crippen LogP contribution in [0.2, 0.25) is 0 Å². The molecular weight excluding hydrogens is 286 g/mol. The second-order valence-electron chi connectivity index (χ2n) is 5.96. The van der Waals surface area contributed by atoms with Gasteiger partial charge >= 0.3 is 0 Å². The molecule has 4 heteroatoms. The first-order valence-electron chi connectivity index (χ1n) is 8.24. The van der Waals surface area contributed by atoms with Crippen LogP contribution in [0.4, 0.5) is 0 Å². The molecule has 2 atom stereocenters. The number of rotatable bonds is 4. The maximum Gasteiger partial charge on any atom is 0.244 e. The van der Waals surface area contributed by atoms with Crippen LogP contribution in [-0.2, 0) is 4.79 Å². The minimum absolute atomic E-state index is 0.129. The van der Waals surface area contributed by atoms with Crippen molar-refractivity contribution in [3.63, 3.8) is 0 Å². The first kappa shape index (κ1) is 15.7. The highest BCUT2D eigenvalue weighted by Gasteiger charge is 2.32. The molecule has 1 saturated heterocycles. The normalized spacial score (nSPS) is 19.3. The van der Waals surface area contributed by atoms with Crippen molar-refractivity contribution in [1.29, 1.82) is 0 Å². The van der Waals surface area contributed by atoms with Crippen LogP contribution in [0, 0.1) is 0 Å². The standard InChI is InChI=1S/C19H23N3O/c1-20-18(15-8-3-2-4-9-15)19(23)22-13-6-5-11-17(22)16-10-7-12-21-14-16/h2-4,7-10,12,14,17-18,20H,5-6,11,13H2,1H3. The smallest absolute Gasteiger partial charge is 0.244 e. The number of likely N-dealkylation sites (N-methyl/N-ethyl adjacent to an activating group) is 1. The van der Waals surface area contributed by atoms with Gasteiger partial charge in [-0.05, 0) is 43.5 Å². The SMILES string of the molecule is CNC(C(=O)N1CCCCC1c1cccnc1)c1ccccc1. The maximum atomic E-state index is 13.2. The summed E-state index contributed by atoms with van der Waals surface area (Å²) in [5.41, 5.74) is 2.14. The van der Waals surface area contributed by atoms with Crippen LogP contribution in [0.5, 0.6) is 0 Å². The molecular formula is C19H23N3O. The van der Waals surface area contributed by atoms with Crippen LogP contribution >= 0.6 is 0 Å². The Hall–Kier alpha value is -2.20. The van der Waals surface area contributed by atoms with Crippen molar-refractivity contribution < 1.29 is 4.79 Å². The third kappa shape index (κ3) is 3.42. The van der Waals surface area contributed by atoms with E-state index in [0.717, 1.165) is 36.9 Å². The first-order chi connectivity index (χ1) is 11.3. The lowest BCUT2D eigenvalue weighted by molar-refractivity contribution is -0.137. The van der Waals surface area contributed by atoms with Gasteiger partial charge in [-0.3, -0.25) is 9.78 Å². The fourth-order valence-electron chi connectivity index (χ4n) is 3.36. The largest absolute Gasteiger partial charge is 0.334 e. The van der Waals surface area contributed by atoms with E-state index in [2.05, 4.69) is 16.4 Å². The second kappa shape index (κ2) is 7.38. The highest BCUT2D eigenvalue weighted by molar-refractivity contribution is 5.83. The quantitative estimate of drug-likeness (QED) is 0.944. The lowest BCUT2D eigenvalue weighted by Crippen LogP contribution is -2.44. The Bertz CT molecular complexity index is 630. The minimum atomic E-state index is -0.298. The molecule has 1 aliphatic heterocycles. The third-order valence-electron chi connectivity index (χ3n) is 4.52. The number of nitrogens with zero attached hydrogens (tertiary/aromatic N) is 2. The Morgan fingerprint density at radius 2 is 2.04 bits per heavy atom. The molecule has 3 rings (SSSR count). The van der Waals surface area contributed by atoms with Crippen molar-refractivity contribution in [1.82, 2.24) is 15.2 Å². The predicted octanol–water partition coefficient (Wildman–Crippen LogP) is 3.10. The molecule has 0 radical (unpaired) electrons. The maximum absolute atomic E-state index is 13.2. The molecule has 0 saturated carbocycles. The Kier molecular flexibility index (Phi) is 5.03. The van der Waals surface area contributed by atoms with Crippen molar-refractivity contribution in [2.24, 2.45) is 0 Å². The van der Waals surface area contributed by atoms with Crippen LogP contribution < -0.4 is 5.32 Å². The molecule has 0 spiro atoms. The molecule has 2 heterocycles.